The molecule has 106 valence electrons. The first kappa shape index (κ1) is 13.1. The lowest BCUT2D eigenvalue weighted by Gasteiger charge is -2.28. The van der Waals surface area contributed by atoms with E-state index in [9.17, 15) is 0 Å². The number of ether oxygens (including phenoxy) is 1. The molecule has 1 aromatic heterocycles. The number of nitrogens with one attached hydrogen (secondary N) is 1. The van der Waals surface area contributed by atoms with E-state index in [0.717, 1.165) is 45.9 Å². The van der Waals surface area contributed by atoms with Crippen LogP contribution in [-0.2, 0) is 11.3 Å². The van der Waals surface area contributed by atoms with Crippen LogP contribution in [0.4, 0.5) is 0 Å². The fourth-order valence-electron chi connectivity index (χ4n) is 3.04. The van der Waals surface area contributed by atoms with E-state index in [1.54, 1.807) is 0 Å². The molecule has 1 unspecified atom stereocenters. The minimum atomic E-state index is 0.640. The Morgan fingerprint density at radius 2 is 2.21 bits per heavy atom. The SMILES string of the molecule is c1ncn(CCN2CCOCC2)c1C1CCCNC1. The zero-order valence-corrected chi connectivity index (χ0v) is 11.6. The molecule has 0 amide bonds. The van der Waals surface area contributed by atoms with E-state index >= 15 is 0 Å². The summed E-state index contributed by atoms with van der Waals surface area (Å²) in [5.74, 6) is 0.640. The molecule has 2 aliphatic heterocycles. The summed E-state index contributed by atoms with van der Waals surface area (Å²) in [7, 11) is 0. The lowest BCUT2D eigenvalue weighted by molar-refractivity contribution is 0.0362. The van der Waals surface area contributed by atoms with E-state index in [1.165, 1.54) is 25.1 Å². The lowest BCUT2D eigenvalue weighted by atomic mass is 9.96. The second kappa shape index (κ2) is 6.50. The monoisotopic (exact) mass is 264 g/mol. The van der Waals surface area contributed by atoms with Gasteiger partial charge >= 0.3 is 0 Å². The van der Waals surface area contributed by atoms with Crippen molar-refractivity contribution in [3.05, 3.63) is 18.2 Å². The quantitative estimate of drug-likeness (QED) is 0.868. The predicted molar refractivity (Wildman–Crippen MR) is 74.3 cm³/mol. The summed E-state index contributed by atoms with van der Waals surface area (Å²) in [5, 5.41) is 3.49. The van der Waals surface area contributed by atoms with Crippen molar-refractivity contribution in [2.75, 3.05) is 45.9 Å². The fraction of sp³-hybridized carbons (Fsp3) is 0.786. The second-order valence-electron chi connectivity index (χ2n) is 5.51. The molecule has 1 aromatic rings. The Hall–Kier alpha value is -0.910. The highest BCUT2D eigenvalue weighted by Crippen LogP contribution is 2.22. The van der Waals surface area contributed by atoms with Crippen LogP contribution in [0.3, 0.4) is 0 Å². The molecule has 1 atom stereocenters. The van der Waals surface area contributed by atoms with Crippen molar-refractivity contribution in [2.45, 2.75) is 25.3 Å². The number of piperidine rings is 1. The maximum absolute atomic E-state index is 5.39. The topological polar surface area (TPSA) is 42.3 Å². The maximum Gasteiger partial charge on any atom is 0.0948 e. The molecule has 0 radical (unpaired) electrons. The Bertz CT molecular complexity index is 381. The number of hydrogen-bond acceptors (Lipinski definition) is 4. The normalized spacial score (nSPS) is 25.6. The number of imidazole rings is 1. The van der Waals surface area contributed by atoms with Crippen molar-refractivity contribution in [3.8, 4) is 0 Å². The highest BCUT2D eigenvalue weighted by atomic mass is 16.5. The molecular weight excluding hydrogens is 240 g/mol. The minimum Gasteiger partial charge on any atom is -0.379 e. The van der Waals surface area contributed by atoms with Crippen LogP contribution >= 0.6 is 0 Å². The van der Waals surface area contributed by atoms with E-state index < -0.39 is 0 Å². The molecule has 0 bridgehead atoms. The highest BCUT2D eigenvalue weighted by molar-refractivity contribution is 5.08. The second-order valence-corrected chi connectivity index (χ2v) is 5.51. The van der Waals surface area contributed by atoms with Crippen molar-refractivity contribution in [1.82, 2.24) is 19.8 Å². The summed E-state index contributed by atoms with van der Waals surface area (Å²) in [6.45, 7) is 8.30. The van der Waals surface area contributed by atoms with E-state index in [0.29, 0.717) is 5.92 Å². The Labute approximate surface area is 114 Å². The van der Waals surface area contributed by atoms with Crippen LogP contribution in [0.5, 0.6) is 0 Å². The molecule has 0 aromatic carbocycles. The number of rotatable bonds is 4. The van der Waals surface area contributed by atoms with Gasteiger partial charge in [0, 0.05) is 50.5 Å². The van der Waals surface area contributed by atoms with Crippen molar-refractivity contribution in [3.63, 3.8) is 0 Å². The van der Waals surface area contributed by atoms with Crippen LogP contribution in [0, 0.1) is 0 Å². The number of aromatic nitrogens is 2. The van der Waals surface area contributed by atoms with E-state index in [-0.39, 0.29) is 0 Å². The molecule has 0 aliphatic carbocycles. The number of hydrogen-bond donors (Lipinski definition) is 1. The van der Waals surface area contributed by atoms with Crippen molar-refractivity contribution in [1.29, 1.82) is 0 Å². The molecule has 3 heterocycles. The van der Waals surface area contributed by atoms with Crippen molar-refractivity contribution < 1.29 is 4.74 Å². The fourth-order valence-corrected chi connectivity index (χ4v) is 3.04. The molecule has 5 heteroatoms. The van der Waals surface area contributed by atoms with E-state index in [4.69, 9.17) is 4.74 Å². The van der Waals surface area contributed by atoms with Gasteiger partial charge in [-0.3, -0.25) is 4.90 Å². The molecule has 19 heavy (non-hydrogen) atoms. The Balaban J connectivity index is 1.56. The van der Waals surface area contributed by atoms with E-state index in [2.05, 4.69) is 26.0 Å². The third-order valence-electron chi connectivity index (χ3n) is 4.22. The predicted octanol–water partition coefficient (Wildman–Crippen LogP) is 0.682. The van der Waals surface area contributed by atoms with Crippen LogP contribution in [0.15, 0.2) is 12.5 Å². The summed E-state index contributed by atoms with van der Waals surface area (Å²) < 4.78 is 7.73. The van der Waals surface area contributed by atoms with Crippen LogP contribution in [0.2, 0.25) is 0 Å². The van der Waals surface area contributed by atoms with Crippen LogP contribution in [0.1, 0.15) is 24.5 Å². The van der Waals surface area contributed by atoms with Gasteiger partial charge in [0.1, 0.15) is 0 Å². The van der Waals surface area contributed by atoms with Gasteiger partial charge in [0.15, 0.2) is 0 Å². The summed E-state index contributed by atoms with van der Waals surface area (Å²) in [6.07, 6.45) is 6.61. The molecule has 5 nitrogen and oxygen atoms in total. The molecule has 2 aliphatic rings. The molecule has 2 fully saturated rings. The van der Waals surface area contributed by atoms with Gasteiger partial charge in [-0.05, 0) is 19.4 Å². The van der Waals surface area contributed by atoms with E-state index in [1.807, 2.05) is 6.33 Å². The molecule has 0 saturated carbocycles. The maximum atomic E-state index is 5.39. The smallest absolute Gasteiger partial charge is 0.0948 e. The van der Waals surface area contributed by atoms with Crippen LogP contribution < -0.4 is 5.32 Å². The van der Waals surface area contributed by atoms with Gasteiger partial charge in [-0.15, -0.1) is 0 Å². The average molecular weight is 264 g/mol. The summed E-state index contributed by atoms with van der Waals surface area (Å²) in [6, 6.07) is 0. The minimum absolute atomic E-state index is 0.640. The Morgan fingerprint density at radius 3 is 3.00 bits per heavy atom. The van der Waals surface area contributed by atoms with Gasteiger partial charge in [-0.25, -0.2) is 4.98 Å². The Morgan fingerprint density at radius 1 is 1.32 bits per heavy atom. The molecular formula is C14H24N4O. The van der Waals surface area contributed by atoms with Crippen LogP contribution in [-0.4, -0.2) is 60.4 Å². The number of nitrogens with zero attached hydrogens (tertiary/aromatic N) is 3. The third-order valence-corrected chi connectivity index (χ3v) is 4.22. The van der Waals surface area contributed by atoms with Gasteiger partial charge in [0.25, 0.3) is 0 Å². The standard InChI is InChI=1S/C14H24N4O/c1-2-13(10-15-3-1)14-11-16-12-18(14)5-4-17-6-8-19-9-7-17/h11-13,15H,1-10H2. The molecule has 1 N–H and O–H groups in total. The first-order valence-electron chi connectivity index (χ1n) is 7.44. The Kier molecular flexibility index (Phi) is 4.48. The van der Waals surface area contributed by atoms with Crippen LogP contribution in [0.25, 0.3) is 0 Å². The van der Waals surface area contributed by atoms with Gasteiger partial charge < -0.3 is 14.6 Å². The summed E-state index contributed by atoms with van der Waals surface area (Å²) in [5.41, 5.74) is 1.40. The van der Waals surface area contributed by atoms with Gasteiger partial charge in [0.05, 0.1) is 19.5 Å². The first-order chi connectivity index (χ1) is 9.43. The molecule has 2 saturated heterocycles. The highest BCUT2D eigenvalue weighted by Gasteiger charge is 2.19. The third kappa shape index (κ3) is 3.35. The van der Waals surface area contributed by atoms with Crippen molar-refractivity contribution >= 4 is 0 Å². The van der Waals surface area contributed by atoms with Gasteiger partial charge in [0.2, 0.25) is 0 Å². The largest absolute Gasteiger partial charge is 0.379 e. The number of morpholine rings is 1. The molecule has 3 rings (SSSR count). The lowest BCUT2D eigenvalue weighted by Crippen LogP contribution is -2.38. The zero-order chi connectivity index (χ0) is 12.9. The van der Waals surface area contributed by atoms with Crippen molar-refractivity contribution in [2.24, 2.45) is 0 Å². The van der Waals surface area contributed by atoms with Gasteiger partial charge in [-0.2, -0.15) is 0 Å². The average Bonchev–Trinajstić information content (AvgIpc) is 2.95. The zero-order valence-electron chi connectivity index (χ0n) is 11.6. The first-order valence-corrected chi connectivity index (χ1v) is 7.44. The molecule has 0 spiro atoms. The summed E-state index contributed by atoms with van der Waals surface area (Å²) >= 11 is 0. The summed E-state index contributed by atoms with van der Waals surface area (Å²) in [4.78, 5) is 6.83. The van der Waals surface area contributed by atoms with Gasteiger partial charge in [-0.1, -0.05) is 0 Å².